The van der Waals surface area contributed by atoms with E-state index in [1.54, 1.807) is 14.2 Å². The summed E-state index contributed by atoms with van der Waals surface area (Å²) in [6.07, 6.45) is -0.0514. The smallest absolute Gasteiger partial charge is 0.190 e. The minimum absolute atomic E-state index is 0.0514. The Morgan fingerprint density at radius 1 is 0.923 bits per heavy atom. The first-order chi connectivity index (χ1) is 12.4. The van der Waals surface area contributed by atoms with E-state index in [-0.39, 0.29) is 6.10 Å². The van der Waals surface area contributed by atoms with Crippen molar-refractivity contribution in [3.8, 4) is 5.75 Å². The summed E-state index contributed by atoms with van der Waals surface area (Å²) in [5.74, 6) is 1.27. The second-order valence-corrected chi connectivity index (χ2v) is 6.78. The fourth-order valence-electron chi connectivity index (χ4n) is 3.90. The van der Waals surface area contributed by atoms with E-state index in [0.717, 1.165) is 16.7 Å². The number of methoxy groups -OCH3 is 2. The average Bonchev–Trinajstić information content (AvgIpc) is 2.68. The molecule has 4 nitrogen and oxygen atoms in total. The van der Waals surface area contributed by atoms with Gasteiger partial charge < -0.3 is 19.3 Å². The maximum atomic E-state index is 11.9. The highest BCUT2D eigenvalue weighted by molar-refractivity contribution is 5.59. The first-order valence-corrected chi connectivity index (χ1v) is 8.78. The van der Waals surface area contributed by atoms with Crippen molar-refractivity contribution in [2.24, 2.45) is 0 Å². The second kappa shape index (κ2) is 6.78. The minimum Gasteiger partial charge on any atom is -0.496 e. The minimum atomic E-state index is -1.36. The van der Waals surface area contributed by atoms with Crippen LogP contribution in [0.5, 0.6) is 5.75 Å². The molecule has 3 rings (SSSR count). The van der Waals surface area contributed by atoms with Gasteiger partial charge in [0.25, 0.3) is 0 Å². The molecule has 1 aliphatic rings. The standard InChI is InChI=1S/C22H26O4/c1-15(2)26-20-16(3)21(23,17-11-7-6-8-12-17)22(20,25-5)18-13-9-10-14-19(18)24-4/h6-15,23H,1-5H3. The van der Waals surface area contributed by atoms with Gasteiger partial charge in [0.1, 0.15) is 11.5 Å². The Labute approximate surface area is 155 Å². The summed E-state index contributed by atoms with van der Waals surface area (Å²) in [5, 5.41) is 11.9. The second-order valence-electron chi connectivity index (χ2n) is 6.78. The molecule has 0 amide bonds. The van der Waals surface area contributed by atoms with Gasteiger partial charge in [-0.3, -0.25) is 0 Å². The Balaban J connectivity index is 2.31. The van der Waals surface area contributed by atoms with Crippen molar-refractivity contribution in [2.75, 3.05) is 14.2 Å². The van der Waals surface area contributed by atoms with Crippen molar-refractivity contribution in [1.82, 2.24) is 0 Å². The molecular formula is C22H26O4. The average molecular weight is 354 g/mol. The van der Waals surface area contributed by atoms with Crippen molar-refractivity contribution in [1.29, 1.82) is 0 Å². The zero-order valence-electron chi connectivity index (χ0n) is 15.9. The van der Waals surface area contributed by atoms with Crippen molar-refractivity contribution in [3.63, 3.8) is 0 Å². The molecule has 26 heavy (non-hydrogen) atoms. The molecule has 0 fully saturated rings. The lowest BCUT2D eigenvalue weighted by molar-refractivity contribution is -0.202. The molecular weight excluding hydrogens is 328 g/mol. The summed E-state index contributed by atoms with van der Waals surface area (Å²) >= 11 is 0. The largest absolute Gasteiger partial charge is 0.496 e. The van der Waals surface area contributed by atoms with Crippen LogP contribution in [0.2, 0.25) is 0 Å². The molecule has 2 aromatic rings. The summed E-state index contributed by atoms with van der Waals surface area (Å²) in [4.78, 5) is 0. The molecule has 0 spiro atoms. The van der Waals surface area contributed by atoms with Crippen LogP contribution in [0.4, 0.5) is 0 Å². The van der Waals surface area contributed by atoms with E-state index in [0.29, 0.717) is 11.5 Å². The van der Waals surface area contributed by atoms with Gasteiger partial charge >= 0.3 is 0 Å². The number of ether oxygens (including phenoxy) is 3. The predicted octanol–water partition coefficient (Wildman–Crippen LogP) is 4.14. The SMILES string of the molecule is COc1ccccc1C1(OC)C(OC(C)C)=C(C)C1(O)c1ccccc1. The van der Waals surface area contributed by atoms with Crippen LogP contribution in [-0.2, 0) is 20.7 Å². The van der Waals surface area contributed by atoms with Gasteiger partial charge in [0.2, 0.25) is 0 Å². The molecule has 2 aromatic carbocycles. The third-order valence-electron chi connectivity index (χ3n) is 5.05. The van der Waals surface area contributed by atoms with Gasteiger partial charge in [-0.2, -0.15) is 0 Å². The zero-order valence-corrected chi connectivity index (χ0v) is 15.9. The van der Waals surface area contributed by atoms with E-state index < -0.39 is 11.2 Å². The Morgan fingerprint density at radius 2 is 1.54 bits per heavy atom. The van der Waals surface area contributed by atoms with Crippen LogP contribution < -0.4 is 4.74 Å². The molecule has 0 saturated heterocycles. The molecule has 0 radical (unpaired) electrons. The summed E-state index contributed by atoms with van der Waals surface area (Å²) in [7, 11) is 3.21. The van der Waals surface area contributed by atoms with Gasteiger partial charge in [-0.05, 0) is 32.4 Å². The van der Waals surface area contributed by atoms with E-state index >= 15 is 0 Å². The topological polar surface area (TPSA) is 47.9 Å². The van der Waals surface area contributed by atoms with Crippen molar-refractivity contribution in [2.45, 2.75) is 38.1 Å². The van der Waals surface area contributed by atoms with Crippen molar-refractivity contribution >= 4 is 0 Å². The van der Waals surface area contributed by atoms with E-state index in [1.807, 2.05) is 75.4 Å². The fraction of sp³-hybridized carbons (Fsp3) is 0.364. The first kappa shape index (κ1) is 18.5. The normalized spacial score (nSPS) is 25.2. The highest BCUT2D eigenvalue weighted by Gasteiger charge is 2.68. The molecule has 0 bridgehead atoms. The van der Waals surface area contributed by atoms with Crippen LogP contribution in [0.3, 0.4) is 0 Å². The number of aliphatic hydroxyl groups is 1. The van der Waals surface area contributed by atoms with Gasteiger partial charge in [-0.15, -0.1) is 0 Å². The highest BCUT2D eigenvalue weighted by Crippen LogP contribution is 2.63. The number of hydrogen-bond donors (Lipinski definition) is 1. The predicted molar refractivity (Wildman–Crippen MR) is 101 cm³/mol. The van der Waals surface area contributed by atoms with Gasteiger partial charge in [-0.25, -0.2) is 0 Å². The van der Waals surface area contributed by atoms with Crippen LogP contribution in [0.25, 0.3) is 0 Å². The Morgan fingerprint density at radius 3 is 2.12 bits per heavy atom. The molecule has 2 unspecified atom stereocenters. The van der Waals surface area contributed by atoms with E-state index in [2.05, 4.69) is 0 Å². The number of rotatable bonds is 6. The molecule has 1 aliphatic carbocycles. The first-order valence-electron chi connectivity index (χ1n) is 8.78. The Hall–Kier alpha value is -2.30. The summed E-state index contributed by atoms with van der Waals surface area (Å²) in [6.45, 7) is 5.81. The number of para-hydroxylation sites is 1. The summed E-state index contributed by atoms with van der Waals surface area (Å²) in [6, 6.07) is 17.1. The van der Waals surface area contributed by atoms with Crippen molar-refractivity contribution < 1.29 is 19.3 Å². The Bertz CT molecular complexity index is 812. The van der Waals surface area contributed by atoms with Crippen LogP contribution in [0, 0.1) is 0 Å². The molecule has 0 saturated carbocycles. The molecule has 138 valence electrons. The summed E-state index contributed by atoms with van der Waals surface area (Å²) in [5.41, 5.74) is -0.318. The van der Waals surface area contributed by atoms with E-state index in [9.17, 15) is 5.11 Å². The van der Waals surface area contributed by atoms with Gasteiger partial charge in [0.05, 0.1) is 13.2 Å². The monoisotopic (exact) mass is 354 g/mol. The maximum Gasteiger partial charge on any atom is 0.190 e. The molecule has 0 aliphatic heterocycles. The number of hydrogen-bond acceptors (Lipinski definition) is 4. The van der Waals surface area contributed by atoms with Crippen LogP contribution in [-0.4, -0.2) is 25.4 Å². The number of benzene rings is 2. The fourth-order valence-corrected chi connectivity index (χ4v) is 3.90. The van der Waals surface area contributed by atoms with Crippen LogP contribution in [0.1, 0.15) is 31.9 Å². The molecule has 0 heterocycles. The Kier molecular flexibility index (Phi) is 4.82. The lowest BCUT2D eigenvalue weighted by Crippen LogP contribution is -2.61. The van der Waals surface area contributed by atoms with Gasteiger partial charge in [0.15, 0.2) is 11.2 Å². The van der Waals surface area contributed by atoms with E-state index in [1.165, 1.54) is 0 Å². The highest BCUT2D eigenvalue weighted by atomic mass is 16.6. The van der Waals surface area contributed by atoms with Crippen LogP contribution >= 0.6 is 0 Å². The van der Waals surface area contributed by atoms with Crippen LogP contribution in [0.15, 0.2) is 65.9 Å². The quantitative estimate of drug-likeness (QED) is 0.847. The maximum absolute atomic E-state index is 11.9. The molecule has 0 aromatic heterocycles. The van der Waals surface area contributed by atoms with Gasteiger partial charge in [0, 0.05) is 18.2 Å². The third kappa shape index (κ3) is 2.37. The molecule has 4 heteroatoms. The zero-order chi connectivity index (χ0) is 18.9. The lowest BCUT2D eigenvalue weighted by atomic mass is 9.58. The summed E-state index contributed by atoms with van der Waals surface area (Å²) < 4.78 is 17.7. The van der Waals surface area contributed by atoms with Crippen molar-refractivity contribution in [3.05, 3.63) is 77.1 Å². The third-order valence-corrected chi connectivity index (χ3v) is 5.05. The lowest BCUT2D eigenvalue weighted by Gasteiger charge is -2.56. The van der Waals surface area contributed by atoms with Gasteiger partial charge in [-0.1, -0.05) is 48.5 Å². The molecule has 1 N–H and O–H groups in total. The molecule has 2 atom stereocenters. The van der Waals surface area contributed by atoms with E-state index in [4.69, 9.17) is 14.2 Å².